The molecular weight excluding hydrogens is 360 g/mol. The van der Waals surface area contributed by atoms with Crippen molar-refractivity contribution in [2.45, 2.75) is 13.3 Å². The standard InChI is InChI=1S/C21H18N2O3S/c1-2-14-3-7-16(8-4-14)17-12-27-21(22-17)23-20(24)10-6-15-5-9-18-19(11-15)26-13-25-18/h3-12H,2,13H2,1H3,(H,22,23,24)/b10-6+. The molecule has 0 bridgehead atoms. The van der Waals surface area contributed by atoms with Crippen LogP contribution in [-0.4, -0.2) is 17.7 Å². The topological polar surface area (TPSA) is 60.5 Å². The van der Waals surface area contributed by atoms with Crippen LogP contribution >= 0.6 is 11.3 Å². The second kappa shape index (κ2) is 7.63. The van der Waals surface area contributed by atoms with E-state index in [1.54, 1.807) is 6.08 Å². The van der Waals surface area contributed by atoms with Crippen LogP contribution in [0, 0.1) is 0 Å². The maximum Gasteiger partial charge on any atom is 0.250 e. The number of benzene rings is 2. The maximum atomic E-state index is 12.2. The zero-order valence-electron chi connectivity index (χ0n) is 14.8. The minimum Gasteiger partial charge on any atom is -0.454 e. The summed E-state index contributed by atoms with van der Waals surface area (Å²) in [6, 6.07) is 13.9. The Balaban J connectivity index is 1.40. The number of carbonyl (C=O) groups excluding carboxylic acids is 1. The van der Waals surface area contributed by atoms with Crippen LogP contribution in [-0.2, 0) is 11.2 Å². The van der Waals surface area contributed by atoms with Crippen LogP contribution in [0.4, 0.5) is 5.13 Å². The largest absolute Gasteiger partial charge is 0.454 e. The number of thiazole rings is 1. The first-order chi connectivity index (χ1) is 13.2. The molecule has 0 fully saturated rings. The fourth-order valence-corrected chi connectivity index (χ4v) is 3.43. The summed E-state index contributed by atoms with van der Waals surface area (Å²) in [5.74, 6) is 1.19. The van der Waals surface area contributed by atoms with E-state index in [1.165, 1.54) is 23.0 Å². The van der Waals surface area contributed by atoms with Gasteiger partial charge in [-0.2, -0.15) is 0 Å². The van der Waals surface area contributed by atoms with E-state index in [-0.39, 0.29) is 12.7 Å². The number of nitrogens with zero attached hydrogens (tertiary/aromatic N) is 1. The Morgan fingerprint density at radius 1 is 1.19 bits per heavy atom. The highest BCUT2D eigenvalue weighted by Crippen LogP contribution is 2.32. The molecular formula is C21H18N2O3S. The van der Waals surface area contributed by atoms with Crippen molar-refractivity contribution >= 4 is 28.5 Å². The van der Waals surface area contributed by atoms with Gasteiger partial charge in [-0.25, -0.2) is 4.98 Å². The van der Waals surface area contributed by atoms with Gasteiger partial charge < -0.3 is 9.47 Å². The number of ether oxygens (including phenoxy) is 2. The van der Waals surface area contributed by atoms with Gasteiger partial charge >= 0.3 is 0 Å². The average molecular weight is 378 g/mol. The predicted molar refractivity (Wildman–Crippen MR) is 107 cm³/mol. The number of nitrogens with one attached hydrogen (secondary N) is 1. The first kappa shape index (κ1) is 17.3. The summed E-state index contributed by atoms with van der Waals surface area (Å²) in [4.78, 5) is 16.7. The number of amides is 1. The molecule has 1 aromatic heterocycles. The third-order valence-electron chi connectivity index (χ3n) is 4.22. The maximum absolute atomic E-state index is 12.2. The predicted octanol–water partition coefficient (Wildman–Crippen LogP) is 4.75. The summed E-state index contributed by atoms with van der Waals surface area (Å²) in [6.07, 6.45) is 4.22. The summed E-state index contributed by atoms with van der Waals surface area (Å²) < 4.78 is 10.6. The first-order valence-corrected chi connectivity index (χ1v) is 9.53. The SMILES string of the molecule is CCc1ccc(-c2csc(NC(=O)/C=C/c3ccc4c(c3)OCO4)n2)cc1. The van der Waals surface area contributed by atoms with Crippen LogP contribution in [0.5, 0.6) is 11.5 Å². The van der Waals surface area contributed by atoms with Crippen LogP contribution in [0.2, 0.25) is 0 Å². The van der Waals surface area contributed by atoms with Crippen LogP contribution in [0.25, 0.3) is 17.3 Å². The summed E-state index contributed by atoms with van der Waals surface area (Å²) in [5.41, 5.74) is 4.05. The molecule has 5 nitrogen and oxygen atoms in total. The molecule has 0 saturated heterocycles. The molecule has 1 aliphatic rings. The van der Waals surface area contributed by atoms with Gasteiger partial charge in [0.2, 0.25) is 12.7 Å². The zero-order chi connectivity index (χ0) is 18.6. The molecule has 1 aliphatic heterocycles. The van der Waals surface area contributed by atoms with Gasteiger partial charge in [0.1, 0.15) is 0 Å². The monoisotopic (exact) mass is 378 g/mol. The molecule has 1 N–H and O–H groups in total. The molecule has 0 aliphatic carbocycles. The van der Waals surface area contributed by atoms with E-state index in [9.17, 15) is 4.79 Å². The molecule has 0 unspecified atom stereocenters. The molecule has 0 spiro atoms. The molecule has 4 rings (SSSR count). The van der Waals surface area contributed by atoms with Crippen LogP contribution in [0.1, 0.15) is 18.1 Å². The summed E-state index contributed by atoms with van der Waals surface area (Å²) in [7, 11) is 0. The van der Waals surface area contributed by atoms with Crippen molar-refractivity contribution in [1.29, 1.82) is 0 Å². The molecule has 2 heterocycles. The van der Waals surface area contributed by atoms with Gasteiger partial charge in [-0.15, -0.1) is 11.3 Å². The van der Waals surface area contributed by atoms with Gasteiger partial charge in [0.25, 0.3) is 0 Å². The Labute approximate surface area is 161 Å². The molecule has 0 saturated carbocycles. The number of fused-ring (bicyclic) bond motifs is 1. The zero-order valence-corrected chi connectivity index (χ0v) is 15.6. The van der Waals surface area contributed by atoms with Crippen LogP contribution in [0.15, 0.2) is 53.9 Å². The van der Waals surface area contributed by atoms with Gasteiger partial charge in [0.15, 0.2) is 16.6 Å². The van der Waals surface area contributed by atoms with Crippen LogP contribution < -0.4 is 14.8 Å². The van der Waals surface area contributed by atoms with Crippen LogP contribution in [0.3, 0.4) is 0 Å². The molecule has 0 atom stereocenters. The molecule has 6 heteroatoms. The Morgan fingerprint density at radius 3 is 2.81 bits per heavy atom. The fraction of sp³-hybridized carbons (Fsp3) is 0.143. The van der Waals surface area contributed by atoms with Crippen molar-refractivity contribution in [3.05, 3.63) is 65.0 Å². The van der Waals surface area contributed by atoms with Gasteiger partial charge in [-0.1, -0.05) is 37.3 Å². The molecule has 0 radical (unpaired) electrons. The van der Waals surface area contributed by atoms with E-state index >= 15 is 0 Å². The van der Waals surface area contributed by atoms with Crippen molar-refractivity contribution in [3.63, 3.8) is 0 Å². The lowest BCUT2D eigenvalue weighted by Crippen LogP contribution is -2.07. The summed E-state index contributed by atoms with van der Waals surface area (Å²) in [5, 5.41) is 5.32. The average Bonchev–Trinajstić information content (AvgIpc) is 3.35. The molecule has 2 aromatic carbocycles. The highest BCUT2D eigenvalue weighted by atomic mass is 32.1. The van der Waals surface area contributed by atoms with Gasteiger partial charge in [0, 0.05) is 17.0 Å². The second-order valence-electron chi connectivity index (χ2n) is 6.02. The quantitative estimate of drug-likeness (QED) is 0.651. The van der Waals surface area contributed by atoms with Crippen molar-refractivity contribution in [2.24, 2.45) is 0 Å². The molecule has 1 amide bonds. The Kier molecular flexibility index (Phi) is 4.89. The number of hydrogen-bond donors (Lipinski definition) is 1. The first-order valence-electron chi connectivity index (χ1n) is 8.65. The number of aryl methyl sites for hydroxylation is 1. The van der Waals surface area contributed by atoms with Gasteiger partial charge in [-0.3, -0.25) is 10.1 Å². The number of aromatic nitrogens is 1. The Morgan fingerprint density at radius 2 is 2.00 bits per heavy atom. The van der Waals surface area contributed by atoms with Gasteiger partial charge in [-0.05, 0) is 35.8 Å². The highest BCUT2D eigenvalue weighted by molar-refractivity contribution is 7.14. The van der Waals surface area contributed by atoms with E-state index in [1.807, 2.05) is 23.6 Å². The van der Waals surface area contributed by atoms with E-state index in [0.29, 0.717) is 10.9 Å². The number of hydrogen-bond acceptors (Lipinski definition) is 5. The van der Waals surface area contributed by atoms with Crippen molar-refractivity contribution in [3.8, 4) is 22.8 Å². The lowest BCUT2D eigenvalue weighted by molar-refractivity contribution is -0.111. The lowest BCUT2D eigenvalue weighted by atomic mass is 10.1. The molecule has 3 aromatic rings. The summed E-state index contributed by atoms with van der Waals surface area (Å²) >= 11 is 1.41. The minimum absolute atomic E-state index is 0.227. The third kappa shape index (κ3) is 4.01. The van der Waals surface area contributed by atoms with E-state index in [2.05, 4.69) is 41.5 Å². The Hall–Kier alpha value is -3.12. The highest BCUT2D eigenvalue weighted by Gasteiger charge is 2.12. The number of rotatable bonds is 5. The Bertz CT molecular complexity index is 993. The number of carbonyl (C=O) groups is 1. The van der Waals surface area contributed by atoms with E-state index in [0.717, 1.165) is 29.0 Å². The smallest absolute Gasteiger partial charge is 0.250 e. The van der Waals surface area contributed by atoms with Crippen molar-refractivity contribution in [1.82, 2.24) is 4.98 Å². The van der Waals surface area contributed by atoms with E-state index < -0.39 is 0 Å². The third-order valence-corrected chi connectivity index (χ3v) is 4.97. The van der Waals surface area contributed by atoms with Crippen molar-refractivity contribution < 1.29 is 14.3 Å². The normalized spacial score (nSPS) is 12.5. The second-order valence-corrected chi connectivity index (χ2v) is 6.88. The fourth-order valence-electron chi connectivity index (χ4n) is 2.71. The molecule has 27 heavy (non-hydrogen) atoms. The number of anilines is 1. The minimum atomic E-state index is -0.227. The van der Waals surface area contributed by atoms with E-state index in [4.69, 9.17) is 9.47 Å². The van der Waals surface area contributed by atoms with Gasteiger partial charge in [0.05, 0.1) is 5.69 Å². The van der Waals surface area contributed by atoms with Crippen molar-refractivity contribution in [2.75, 3.05) is 12.1 Å². The summed E-state index contributed by atoms with van der Waals surface area (Å²) in [6.45, 7) is 2.36. The molecule has 136 valence electrons. The lowest BCUT2D eigenvalue weighted by Gasteiger charge is -2.00.